The Morgan fingerprint density at radius 2 is 1.69 bits per heavy atom. The average Bonchev–Trinajstić information content (AvgIpc) is 3.03. The molecule has 0 spiro atoms. The van der Waals surface area contributed by atoms with Gasteiger partial charge in [0.1, 0.15) is 0 Å². The highest BCUT2D eigenvalue weighted by molar-refractivity contribution is 7.89. The van der Waals surface area contributed by atoms with Gasteiger partial charge in [-0.25, -0.2) is 8.42 Å². The molecular weight excluding hydrogens is 386 g/mol. The van der Waals surface area contributed by atoms with Crippen molar-refractivity contribution in [1.82, 2.24) is 9.62 Å². The Hall–Kier alpha value is -2.38. The van der Waals surface area contributed by atoms with Crippen molar-refractivity contribution < 1.29 is 13.2 Å². The topological polar surface area (TPSA) is 78.5 Å². The Morgan fingerprint density at radius 1 is 1.00 bits per heavy atom. The fourth-order valence-electron chi connectivity index (χ4n) is 3.50. The third kappa shape index (κ3) is 5.81. The van der Waals surface area contributed by atoms with Crippen LogP contribution < -0.4 is 10.6 Å². The number of carbonyl (C=O) groups excluding carboxylic acids is 1. The van der Waals surface area contributed by atoms with Gasteiger partial charge in [0.25, 0.3) is 0 Å². The van der Waals surface area contributed by atoms with E-state index >= 15 is 0 Å². The maximum absolute atomic E-state index is 13.0. The highest BCUT2D eigenvalue weighted by Gasteiger charge is 2.25. The van der Waals surface area contributed by atoms with E-state index in [2.05, 4.69) is 10.6 Å². The lowest BCUT2D eigenvalue weighted by Crippen LogP contribution is -2.32. The Morgan fingerprint density at radius 3 is 2.38 bits per heavy atom. The maximum Gasteiger partial charge on any atom is 0.243 e. The number of benzene rings is 2. The molecule has 0 bridgehead atoms. The normalized spacial score (nSPS) is 16.6. The van der Waals surface area contributed by atoms with Crippen LogP contribution in [0.2, 0.25) is 0 Å². The minimum atomic E-state index is -3.51. The van der Waals surface area contributed by atoms with Gasteiger partial charge in [-0.05, 0) is 43.5 Å². The highest BCUT2D eigenvalue weighted by atomic mass is 32.2. The summed E-state index contributed by atoms with van der Waals surface area (Å²) in [6.07, 6.45) is 3.95. The van der Waals surface area contributed by atoms with Gasteiger partial charge in [0.2, 0.25) is 15.9 Å². The second kappa shape index (κ2) is 9.89. The minimum Gasteiger partial charge on any atom is -0.376 e. The van der Waals surface area contributed by atoms with E-state index in [1.54, 1.807) is 28.6 Å². The standard InChI is InChI=1S/C22H29N3O3S/c1-18(19-10-5-4-6-11-19)24-22(26)17-23-20-12-9-13-21(16-20)29(27,28)25-14-7-2-3-8-15-25/h4-6,9-13,16,18,23H,2-3,7-8,14-15,17H2,1H3,(H,24,26)/t18-/m0/s1. The first-order valence-corrected chi connectivity index (χ1v) is 11.6. The van der Waals surface area contributed by atoms with Crippen LogP contribution in [0.1, 0.15) is 44.2 Å². The Kier molecular flexibility index (Phi) is 7.28. The van der Waals surface area contributed by atoms with Gasteiger partial charge in [0, 0.05) is 18.8 Å². The number of rotatable bonds is 7. The van der Waals surface area contributed by atoms with E-state index in [0.717, 1.165) is 31.2 Å². The molecule has 6 nitrogen and oxygen atoms in total. The monoisotopic (exact) mass is 415 g/mol. The lowest BCUT2D eigenvalue weighted by molar-refractivity contribution is -0.120. The van der Waals surface area contributed by atoms with Crippen LogP contribution in [0.25, 0.3) is 0 Å². The summed E-state index contributed by atoms with van der Waals surface area (Å²) < 4.78 is 27.5. The number of anilines is 1. The Labute approximate surface area is 173 Å². The average molecular weight is 416 g/mol. The first-order valence-electron chi connectivity index (χ1n) is 10.2. The SMILES string of the molecule is C[C@H](NC(=O)CNc1cccc(S(=O)(=O)N2CCCCCC2)c1)c1ccccc1. The van der Waals surface area contributed by atoms with Gasteiger partial charge in [0.05, 0.1) is 17.5 Å². The molecule has 0 aliphatic carbocycles. The number of nitrogens with zero attached hydrogens (tertiary/aromatic N) is 1. The minimum absolute atomic E-state index is 0.0738. The molecule has 2 N–H and O–H groups in total. The molecule has 2 aromatic rings. The van der Waals surface area contributed by atoms with Crippen molar-refractivity contribution in [1.29, 1.82) is 0 Å². The van der Waals surface area contributed by atoms with Crippen LogP contribution in [0.5, 0.6) is 0 Å². The van der Waals surface area contributed by atoms with Gasteiger partial charge in [-0.1, -0.05) is 49.2 Å². The summed E-state index contributed by atoms with van der Waals surface area (Å²) in [5.74, 6) is -0.151. The largest absolute Gasteiger partial charge is 0.376 e. The van der Waals surface area contributed by atoms with Gasteiger partial charge < -0.3 is 10.6 Å². The summed E-state index contributed by atoms with van der Waals surface area (Å²) in [6.45, 7) is 3.14. The quantitative estimate of drug-likeness (QED) is 0.725. The lowest BCUT2D eigenvalue weighted by atomic mass is 10.1. The van der Waals surface area contributed by atoms with Gasteiger partial charge in [-0.2, -0.15) is 4.31 Å². The molecule has 0 saturated carbocycles. The number of amides is 1. The summed E-state index contributed by atoms with van der Waals surface area (Å²) in [4.78, 5) is 12.5. The van der Waals surface area contributed by atoms with Crippen LogP contribution in [-0.4, -0.2) is 38.3 Å². The van der Waals surface area contributed by atoms with Gasteiger partial charge in [-0.3, -0.25) is 4.79 Å². The van der Waals surface area contributed by atoms with E-state index in [-0.39, 0.29) is 23.4 Å². The number of carbonyl (C=O) groups is 1. The summed E-state index contributed by atoms with van der Waals surface area (Å²) >= 11 is 0. The zero-order valence-corrected chi connectivity index (χ0v) is 17.6. The molecule has 0 radical (unpaired) electrons. The van der Waals surface area contributed by atoms with Crippen LogP contribution in [0.4, 0.5) is 5.69 Å². The zero-order valence-electron chi connectivity index (χ0n) is 16.8. The third-order valence-corrected chi connectivity index (χ3v) is 7.06. The summed E-state index contributed by atoms with van der Waals surface area (Å²) in [7, 11) is -3.51. The number of hydrogen-bond acceptors (Lipinski definition) is 4. The second-order valence-corrected chi connectivity index (χ2v) is 9.34. The molecule has 1 saturated heterocycles. The van der Waals surface area contributed by atoms with Crippen LogP contribution in [0, 0.1) is 0 Å². The molecule has 3 rings (SSSR count). The molecule has 2 aromatic carbocycles. The first-order chi connectivity index (χ1) is 14.0. The van der Waals surface area contributed by atoms with Crippen molar-refractivity contribution >= 4 is 21.6 Å². The number of hydrogen-bond donors (Lipinski definition) is 2. The molecular formula is C22H29N3O3S. The van der Waals surface area contributed by atoms with Crippen molar-refractivity contribution in [2.75, 3.05) is 25.0 Å². The molecule has 1 aliphatic heterocycles. The summed E-state index contributed by atoms with van der Waals surface area (Å²) in [5, 5.41) is 5.98. The van der Waals surface area contributed by atoms with E-state index < -0.39 is 10.0 Å². The number of sulfonamides is 1. The van der Waals surface area contributed by atoms with E-state index in [0.29, 0.717) is 18.8 Å². The Balaban J connectivity index is 1.60. The summed E-state index contributed by atoms with van der Waals surface area (Å²) in [6, 6.07) is 16.3. The fourth-order valence-corrected chi connectivity index (χ4v) is 5.06. The van der Waals surface area contributed by atoms with Crippen LogP contribution >= 0.6 is 0 Å². The molecule has 156 valence electrons. The third-order valence-electron chi connectivity index (χ3n) is 5.17. The highest BCUT2D eigenvalue weighted by Crippen LogP contribution is 2.22. The van der Waals surface area contributed by atoms with Crippen molar-refractivity contribution in [2.45, 2.75) is 43.5 Å². The Bertz CT molecular complexity index is 908. The zero-order chi connectivity index (χ0) is 20.7. The van der Waals surface area contributed by atoms with Gasteiger partial charge in [-0.15, -0.1) is 0 Å². The van der Waals surface area contributed by atoms with Crippen LogP contribution in [0.3, 0.4) is 0 Å². The number of nitrogens with one attached hydrogen (secondary N) is 2. The van der Waals surface area contributed by atoms with Crippen LogP contribution in [-0.2, 0) is 14.8 Å². The van der Waals surface area contributed by atoms with Crippen molar-refractivity contribution in [3.63, 3.8) is 0 Å². The maximum atomic E-state index is 13.0. The predicted octanol–water partition coefficient (Wildman–Crippen LogP) is 3.54. The summed E-state index contributed by atoms with van der Waals surface area (Å²) in [5.41, 5.74) is 1.65. The smallest absolute Gasteiger partial charge is 0.243 e. The van der Waals surface area contributed by atoms with E-state index in [4.69, 9.17) is 0 Å². The molecule has 1 atom stereocenters. The van der Waals surface area contributed by atoms with Crippen molar-refractivity contribution in [3.05, 3.63) is 60.2 Å². The van der Waals surface area contributed by atoms with E-state index in [9.17, 15) is 13.2 Å². The first kappa shape index (κ1) is 21.3. The van der Waals surface area contributed by atoms with Crippen LogP contribution in [0.15, 0.2) is 59.5 Å². The molecule has 1 amide bonds. The van der Waals surface area contributed by atoms with Crippen molar-refractivity contribution in [2.24, 2.45) is 0 Å². The molecule has 1 heterocycles. The molecule has 7 heteroatoms. The van der Waals surface area contributed by atoms with Gasteiger partial charge >= 0.3 is 0 Å². The fraction of sp³-hybridized carbons (Fsp3) is 0.409. The molecule has 1 fully saturated rings. The second-order valence-electron chi connectivity index (χ2n) is 7.40. The van der Waals surface area contributed by atoms with Crippen molar-refractivity contribution in [3.8, 4) is 0 Å². The van der Waals surface area contributed by atoms with E-state index in [1.807, 2.05) is 37.3 Å². The molecule has 1 aliphatic rings. The van der Waals surface area contributed by atoms with Gasteiger partial charge in [0.15, 0.2) is 0 Å². The van der Waals surface area contributed by atoms with E-state index in [1.165, 1.54) is 0 Å². The molecule has 0 aromatic heterocycles. The molecule has 0 unspecified atom stereocenters. The lowest BCUT2D eigenvalue weighted by Gasteiger charge is -2.20. The predicted molar refractivity (Wildman–Crippen MR) is 115 cm³/mol. The molecule has 29 heavy (non-hydrogen) atoms.